The minimum absolute atomic E-state index is 0.193. The number of para-hydroxylation sites is 2. The fourth-order valence-electron chi connectivity index (χ4n) is 15.9. The molecule has 13 aromatic rings. The van der Waals surface area contributed by atoms with Gasteiger partial charge in [-0.1, -0.05) is 259 Å². The number of aromatic hydroxyl groups is 1. The third-order valence-electron chi connectivity index (χ3n) is 20.3. The number of nitrogens with zero attached hydrogens (tertiary/aromatic N) is 2. The van der Waals surface area contributed by atoms with E-state index < -0.39 is 0 Å². The number of benzene rings is 12. The van der Waals surface area contributed by atoms with E-state index in [-0.39, 0.29) is 11.7 Å². The Kier molecular flexibility index (Phi) is 17.2. The maximum atomic E-state index is 13.2. The summed E-state index contributed by atoms with van der Waals surface area (Å²) >= 11 is 0. The highest BCUT2D eigenvalue weighted by atomic mass is 16.3. The van der Waals surface area contributed by atoms with Crippen LogP contribution in [0, 0.1) is 5.92 Å². The van der Waals surface area contributed by atoms with E-state index in [1.807, 2.05) is 13.8 Å². The van der Waals surface area contributed by atoms with Gasteiger partial charge in [0.2, 0.25) is 0 Å². The summed E-state index contributed by atoms with van der Waals surface area (Å²) < 4.78 is 7.38. The highest BCUT2D eigenvalue weighted by Crippen LogP contribution is 2.54. The molecule has 93 heavy (non-hydrogen) atoms. The van der Waals surface area contributed by atoms with Crippen LogP contribution in [0.3, 0.4) is 0 Å². The molecule has 468 valence electrons. The van der Waals surface area contributed by atoms with Crippen LogP contribution in [0.5, 0.6) is 5.75 Å². The fourth-order valence-corrected chi connectivity index (χ4v) is 15.9. The van der Waals surface area contributed by atoms with Crippen LogP contribution in [0.2, 0.25) is 0 Å². The van der Waals surface area contributed by atoms with Gasteiger partial charge in [-0.3, -0.25) is 0 Å². The second kappa shape index (κ2) is 26.1. The predicted molar refractivity (Wildman–Crippen MR) is 399 cm³/mol. The van der Waals surface area contributed by atoms with Crippen LogP contribution < -0.4 is 9.80 Å². The first-order chi connectivity index (χ1) is 45.5. The summed E-state index contributed by atoms with van der Waals surface area (Å²) in [5.41, 5.74) is 22.6. The summed E-state index contributed by atoms with van der Waals surface area (Å²) in [5.74, 6) is 2.80. The van der Waals surface area contributed by atoms with Gasteiger partial charge in [-0.15, -0.1) is 0 Å². The van der Waals surface area contributed by atoms with Gasteiger partial charge < -0.3 is 19.3 Å². The second-order valence-electron chi connectivity index (χ2n) is 27.8. The van der Waals surface area contributed by atoms with Gasteiger partial charge in [-0.2, -0.15) is 0 Å². The lowest BCUT2D eigenvalue weighted by Crippen LogP contribution is -2.13. The molecule has 12 aromatic carbocycles. The Morgan fingerprint density at radius 2 is 0.903 bits per heavy atom. The van der Waals surface area contributed by atoms with E-state index >= 15 is 0 Å². The van der Waals surface area contributed by atoms with Crippen molar-refractivity contribution >= 4 is 88.4 Å². The third kappa shape index (κ3) is 11.3. The molecule has 4 nitrogen and oxygen atoms in total. The molecule has 2 fully saturated rings. The molecule has 1 aromatic heterocycles. The van der Waals surface area contributed by atoms with E-state index in [9.17, 15) is 5.11 Å². The average Bonchev–Trinajstić information content (AvgIpc) is 1.49. The van der Waals surface area contributed by atoms with Gasteiger partial charge in [-0.05, 0) is 193 Å². The van der Waals surface area contributed by atoms with Crippen LogP contribution in [0.1, 0.15) is 184 Å². The van der Waals surface area contributed by atoms with Crippen LogP contribution in [-0.2, 0) is 6.42 Å². The molecule has 16 rings (SSSR count). The molecule has 1 N–H and O–H groups in total. The molecular weight excluding hydrogens is 1130 g/mol. The van der Waals surface area contributed by atoms with Crippen molar-refractivity contribution in [3.8, 4) is 39.1 Å². The van der Waals surface area contributed by atoms with Gasteiger partial charge >= 0.3 is 0 Å². The third-order valence-corrected chi connectivity index (χ3v) is 20.3. The largest absolute Gasteiger partial charge is 0.505 e. The number of hydrogen-bond acceptors (Lipinski definition) is 4. The number of phenols is 1. The lowest BCUT2D eigenvalue weighted by Gasteiger charge is -2.31. The summed E-state index contributed by atoms with van der Waals surface area (Å²) in [6.07, 6.45) is 13.7. The Balaban J connectivity index is 0.00000120. The van der Waals surface area contributed by atoms with Gasteiger partial charge in [0.05, 0.1) is 22.7 Å². The van der Waals surface area contributed by atoms with Crippen molar-refractivity contribution in [2.75, 3.05) is 9.80 Å². The second-order valence-corrected chi connectivity index (χ2v) is 27.8. The predicted octanol–water partition coefficient (Wildman–Crippen LogP) is 27.1. The average molecular weight is 1220 g/mol. The lowest BCUT2D eigenvalue weighted by molar-refractivity contribution is 0.443. The Hall–Kier alpha value is -9.12. The van der Waals surface area contributed by atoms with E-state index in [1.165, 1.54) is 141 Å². The highest BCUT2D eigenvalue weighted by molar-refractivity contribution is 6.29. The maximum absolute atomic E-state index is 13.2. The van der Waals surface area contributed by atoms with Crippen molar-refractivity contribution in [1.29, 1.82) is 0 Å². The van der Waals surface area contributed by atoms with E-state index in [0.717, 1.165) is 90.5 Å². The number of rotatable bonds is 12. The van der Waals surface area contributed by atoms with Crippen molar-refractivity contribution < 1.29 is 9.52 Å². The molecule has 3 aliphatic rings. The van der Waals surface area contributed by atoms with Gasteiger partial charge in [0.15, 0.2) is 5.58 Å². The van der Waals surface area contributed by atoms with Crippen LogP contribution in [0.25, 0.3) is 87.6 Å². The number of anilines is 6. The zero-order chi connectivity index (χ0) is 64.0. The Morgan fingerprint density at radius 3 is 1.57 bits per heavy atom. The SMILES string of the molecule is CC.CC(C)C.CC(C)c1ccccc1-c1cccc(-c2cccc(N(c3ccc(C4CCCCC4)cc3)c3cc(C(C)C)c4ccc5c(N(c6ccc(C7CCCCC7)cc6)c6cccc7c6oc6c8c(ccc67)Cc6ccccc6-8)ccc6ccc3c4c65)c2O)c1. The highest BCUT2D eigenvalue weighted by Gasteiger charge is 2.30. The van der Waals surface area contributed by atoms with Crippen LogP contribution in [-0.4, -0.2) is 5.11 Å². The molecule has 0 aliphatic heterocycles. The van der Waals surface area contributed by atoms with Gasteiger partial charge in [0.1, 0.15) is 11.3 Å². The Morgan fingerprint density at radius 1 is 0.387 bits per heavy atom. The normalized spacial score (nSPS) is 14.3. The summed E-state index contributed by atoms with van der Waals surface area (Å²) in [7, 11) is 0. The van der Waals surface area contributed by atoms with Gasteiger partial charge in [0.25, 0.3) is 0 Å². The molecule has 1 heterocycles. The van der Waals surface area contributed by atoms with E-state index in [4.69, 9.17) is 4.42 Å². The molecule has 0 saturated heterocycles. The molecule has 0 radical (unpaired) electrons. The number of hydrogen-bond donors (Lipinski definition) is 1. The van der Waals surface area contributed by atoms with Crippen molar-refractivity contribution in [3.05, 3.63) is 246 Å². The smallest absolute Gasteiger partial charge is 0.159 e. The molecule has 0 unspecified atom stereocenters. The minimum atomic E-state index is 0.193. The van der Waals surface area contributed by atoms with Crippen molar-refractivity contribution in [2.24, 2.45) is 5.92 Å². The minimum Gasteiger partial charge on any atom is -0.505 e. The Bertz CT molecular complexity index is 4820. The number of fused-ring (bicyclic) bond motifs is 7. The van der Waals surface area contributed by atoms with Crippen molar-refractivity contribution in [1.82, 2.24) is 0 Å². The summed E-state index contributed by atoms with van der Waals surface area (Å²) in [4.78, 5) is 4.84. The molecular formula is C89H90N2O2. The zero-order valence-electron chi connectivity index (χ0n) is 56.1. The molecule has 0 amide bonds. The first kappa shape index (κ1) is 61.4. The molecule has 0 atom stereocenters. The summed E-state index contributed by atoms with van der Waals surface area (Å²) in [6, 6.07) is 79.4. The van der Waals surface area contributed by atoms with E-state index in [2.05, 4.69) is 271 Å². The quantitative estimate of drug-likeness (QED) is 0.124. The van der Waals surface area contributed by atoms with E-state index in [0.29, 0.717) is 17.8 Å². The fraction of sp³-hybridized carbons (Fsp3) is 0.281. The van der Waals surface area contributed by atoms with Crippen LogP contribution >= 0.6 is 0 Å². The molecule has 4 heteroatoms. The molecule has 0 spiro atoms. The molecule has 3 aliphatic carbocycles. The van der Waals surface area contributed by atoms with Crippen molar-refractivity contribution in [3.63, 3.8) is 0 Å². The van der Waals surface area contributed by atoms with Crippen LogP contribution in [0.4, 0.5) is 34.1 Å². The molecule has 2 saturated carbocycles. The van der Waals surface area contributed by atoms with Crippen molar-refractivity contribution in [2.45, 2.75) is 157 Å². The first-order valence-electron chi connectivity index (χ1n) is 35.1. The topological polar surface area (TPSA) is 39.9 Å². The molecule has 0 bridgehead atoms. The summed E-state index contributed by atoms with van der Waals surface area (Å²) in [6.45, 7) is 19.7. The first-order valence-corrected chi connectivity index (χ1v) is 35.1. The number of phenolic OH excluding ortho intramolecular Hbond substituents is 1. The van der Waals surface area contributed by atoms with Gasteiger partial charge in [0, 0.05) is 44.0 Å². The van der Waals surface area contributed by atoms with Gasteiger partial charge in [-0.25, -0.2) is 0 Å². The number of furan rings is 1. The lowest BCUT2D eigenvalue weighted by atomic mass is 9.84. The zero-order valence-corrected chi connectivity index (χ0v) is 56.1. The maximum Gasteiger partial charge on any atom is 0.159 e. The standard InChI is InChI=1S/C83H74N2O2.C4H10.C2H6/c1-51(2)64-25-13-14-26-65(64)58-23-15-24-60(48-58)67-28-16-30-75(81(67)86)85(63-41-34-56(35-42-63)54-20-9-6-10-21-54)77-50-73(52(3)4)68-45-46-71-74(47-38-57-36-44-72(77)80(68)78(57)71)84(62-39-32-55(33-40-62)53-18-7-5-8-19-53)76-31-17-29-69-70-43-37-61-49-59-22-11-12-27-66(59)79(61)83(70)87-82(69)76;1-4(2)3;1-2/h11-17,22-48,50-54,86H,5-10,18-21,49H2,1-4H3;4H,1-3H3;1-2H3. The summed E-state index contributed by atoms with van der Waals surface area (Å²) in [5, 5.41) is 22.6. The van der Waals surface area contributed by atoms with E-state index in [1.54, 1.807) is 0 Å². The Labute approximate surface area is 551 Å². The monoisotopic (exact) mass is 1220 g/mol. The van der Waals surface area contributed by atoms with Crippen LogP contribution in [0.15, 0.2) is 217 Å².